The molecular weight excluding hydrogens is 236 g/mol. The Morgan fingerprint density at radius 1 is 1.21 bits per heavy atom. The predicted octanol–water partition coefficient (Wildman–Crippen LogP) is 3.02. The first kappa shape index (κ1) is 13.1. The highest BCUT2D eigenvalue weighted by Gasteiger charge is 2.31. The van der Waals surface area contributed by atoms with Gasteiger partial charge in [0, 0.05) is 12.5 Å². The number of hydrogen-bond donors (Lipinski definition) is 1. The summed E-state index contributed by atoms with van der Waals surface area (Å²) >= 11 is 0. The molecular formula is C15H26N4. The van der Waals surface area contributed by atoms with E-state index < -0.39 is 0 Å². The van der Waals surface area contributed by atoms with Crippen LogP contribution in [-0.4, -0.2) is 22.0 Å². The number of hydrogen-bond acceptors (Lipinski definition) is 3. The van der Waals surface area contributed by atoms with Gasteiger partial charge in [-0.3, -0.25) is 0 Å². The molecule has 2 fully saturated rings. The van der Waals surface area contributed by atoms with Gasteiger partial charge in [0.25, 0.3) is 0 Å². The summed E-state index contributed by atoms with van der Waals surface area (Å²) in [5.74, 6) is 1.52. The lowest BCUT2D eigenvalue weighted by Gasteiger charge is -2.32. The van der Waals surface area contributed by atoms with E-state index in [1.54, 1.807) is 0 Å². The van der Waals surface area contributed by atoms with Crippen molar-refractivity contribution in [3.05, 3.63) is 11.4 Å². The Morgan fingerprint density at radius 2 is 1.95 bits per heavy atom. The highest BCUT2D eigenvalue weighted by Crippen LogP contribution is 2.40. The highest BCUT2D eigenvalue weighted by atomic mass is 15.4. The summed E-state index contributed by atoms with van der Waals surface area (Å²) in [6.45, 7) is 3.18. The van der Waals surface area contributed by atoms with E-state index in [2.05, 4.69) is 27.2 Å². The average molecular weight is 262 g/mol. The molecule has 2 saturated carbocycles. The lowest BCUT2D eigenvalue weighted by molar-refractivity contribution is 0.203. The molecule has 0 aliphatic heterocycles. The van der Waals surface area contributed by atoms with Gasteiger partial charge in [0.15, 0.2) is 0 Å². The average Bonchev–Trinajstić information content (AvgIpc) is 2.94. The zero-order chi connectivity index (χ0) is 13.2. The third-order valence-corrected chi connectivity index (χ3v) is 5.11. The third-order valence-electron chi connectivity index (χ3n) is 5.11. The lowest BCUT2D eigenvalue weighted by Crippen LogP contribution is -2.26. The van der Waals surface area contributed by atoms with E-state index in [1.165, 1.54) is 56.3 Å². The van der Waals surface area contributed by atoms with Gasteiger partial charge in [0.05, 0.1) is 17.4 Å². The fraction of sp³-hybridized carbons (Fsp3) is 0.867. The van der Waals surface area contributed by atoms with Gasteiger partial charge in [-0.05, 0) is 45.6 Å². The van der Waals surface area contributed by atoms with Crippen LogP contribution < -0.4 is 5.32 Å². The summed E-state index contributed by atoms with van der Waals surface area (Å²) in [4.78, 5) is 0. The van der Waals surface area contributed by atoms with Gasteiger partial charge < -0.3 is 5.32 Å². The molecule has 1 N–H and O–H groups in total. The Hall–Kier alpha value is -0.900. The monoisotopic (exact) mass is 262 g/mol. The topological polar surface area (TPSA) is 42.7 Å². The summed E-state index contributed by atoms with van der Waals surface area (Å²) in [6, 6.07) is 0.530. The van der Waals surface area contributed by atoms with Crippen LogP contribution in [0.3, 0.4) is 0 Å². The van der Waals surface area contributed by atoms with Crippen molar-refractivity contribution in [1.29, 1.82) is 0 Å². The maximum Gasteiger partial charge on any atom is 0.0999 e. The summed E-state index contributed by atoms with van der Waals surface area (Å²) in [5.41, 5.74) is 2.62. The highest BCUT2D eigenvalue weighted by molar-refractivity contribution is 5.18. The SMILES string of the molecule is CNCc1nnn(C(C)C2CCC2)c1C1CCCC1. The minimum atomic E-state index is 0.530. The molecule has 1 atom stereocenters. The molecule has 3 rings (SSSR count). The molecule has 0 saturated heterocycles. The molecule has 4 nitrogen and oxygen atoms in total. The minimum absolute atomic E-state index is 0.530. The molecule has 0 spiro atoms. The van der Waals surface area contributed by atoms with Crippen LogP contribution in [0, 0.1) is 5.92 Å². The van der Waals surface area contributed by atoms with Crippen molar-refractivity contribution in [2.45, 2.75) is 70.4 Å². The Kier molecular flexibility index (Phi) is 3.87. The molecule has 4 heteroatoms. The van der Waals surface area contributed by atoms with Crippen LogP contribution in [0.2, 0.25) is 0 Å². The van der Waals surface area contributed by atoms with E-state index in [-0.39, 0.29) is 0 Å². The van der Waals surface area contributed by atoms with Crippen LogP contribution in [0.4, 0.5) is 0 Å². The van der Waals surface area contributed by atoms with Crippen LogP contribution >= 0.6 is 0 Å². The molecule has 1 unspecified atom stereocenters. The van der Waals surface area contributed by atoms with E-state index in [0.29, 0.717) is 12.0 Å². The number of nitrogens with zero attached hydrogens (tertiary/aromatic N) is 3. The first-order valence-electron chi connectivity index (χ1n) is 7.89. The maximum absolute atomic E-state index is 4.51. The normalized spacial score (nSPS) is 22.6. The second-order valence-electron chi connectivity index (χ2n) is 6.31. The standard InChI is InChI=1S/C15H26N4/c1-11(12-8-5-9-12)19-15(13-6-3-4-7-13)14(10-16-2)17-18-19/h11-13,16H,3-10H2,1-2H3. The summed E-state index contributed by atoms with van der Waals surface area (Å²) < 4.78 is 2.27. The lowest BCUT2D eigenvalue weighted by atomic mass is 9.80. The van der Waals surface area contributed by atoms with E-state index in [0.717, 1.165) is 12.5 Å². The molecule has 0 amide bonds. The van der Waals surface area contributed by atoms with Gasteiger partial charge in [-0.25, -0.2) is 4.68 Å². The second kappa shape index (κ2) is 5.61. The molecule has 1 aromatic rings. The zero-order valence-corrected chi connectivity index (χ0v) is 12.2. The first-order valence-corrected chi connectivity index (χ1v) is 7.89. The smallest absolute Gasteiger partial charge is 0.0999 e. The van der Waals surface area contributed by atoms with Crippen molar-refractivity contribution in [3.63, 3.8) is 0 Å². The molecule has 19 heavy (non-hydrogen) atoms. The molecule has 2 aliphatic rings. The number of rotatable bonds is 5. The minimum Gasteiger partial charge on any atom is -0.314 e. The van der Waals surface area contributed by atoms with Crippen molar-refractivity contribution < 1.29 is 0 Å². The number of nitrogens with one attached hydrogen (secondary N) is 1. The van der Waals surface area contributed by atoms with E-state index in [9.17, 15) is 0 Å². The van der Waals surface area contributed by atoms with Crippen molar-refractivity contribution >= 4 is 0 Å². The predicted molar refractivity (Wildman–Crippen MR) is 76.0 cm³/mol. The zero-order valence-electron chi connectivity index (χ0n) is 12.2. The molecule has 0 radical (unpaired) electrons. The van der Waals surface area contributed by atoms with Gasteiger partial charge in [-0.2, -0.15) is 0 Å². The van der Waals surface area contributed by atoms with E-state index in [1.807, 2.05) is 7.05 Å². The van der Waals surface area contributed by atoms with Gasteiger partial charge in [-0.1, -0.05) is 24.5 Å². The third kappa shape index (κ3) is 2.42. The largest absolute Gasteiger partial charge is 0.314 e. The Labute approximate surface area is 116 Å². The van der Waals surface area contributed by atoms with E-state index >= 15 is 0 Å². The van der Waals surface area contributed by atoms with Crippen molar-refractivity contribution in [2.75, 3.05) is 7.05 Å². The van der Waals surface area contributed by atoms with E-state index in [4.69, 9.17) is 0 Å². The molecule has 1 heterocycles. The van der Waals surface area contributed by atoms with Gasteiger partial charge >= 0.3 is 0 Å². The van der Waals surface area contributed by atoms with Crippen molar-refractivity contribution in [3.8, 4) is 0 Å². The first-order chi connectivity index (χ1) is 9.31. The summed E-state index contributed by atoms with van der Waals surface area (Å²) in [6.07, 6.45) is 9.51. The van der Waals surface area contributed by atoms with Gasteiger partial charge in [0.2, 0.25) is 0 Å². The van der Waals surface area contributed by atoms with Crippen LogP contribution in [0.25, 0.3) is 0 Å². The molecule has 2 aliphatic carbocycles. The van der Waals surface area contributed by atoms with Crippen LogP contribution in [0.1, 0.15) is 75.2 Å². The Balaban J connectivity index is 1.88. The molecule has 1 aromatic heterocycles. The Morgan fingerprint density at radius 3 is 2.53 bits per heavy atom. The van der Waals surface area contributed by atoms with Crippen molar-refractivity contribution in [1.82, 2.24) is 20.3 Å². The maximum atomic E-state index is 4.51. The van der Waals surface area contributed by atoms with Crippen molar-refractivity contribution in [2.24, 2.45) is 5.92 Å². The second-order valence-corrected chi connectivity index (χ2v) is 6.31. The molecule has 106 valence electrons. The fourth-order valence-electron chi connectivity index (χ4n) is 3.67. The fourth-order valence-corrected chi connectivity index (χ4v) is 3.67. The Bertz CT molecular complexity index is 416. The van der Waals surface area contributed by atoms with Crippen LogP contribution in [0.15, 0.2) is 0 Å². The van der Waals surface area contributed by atoms with Crippen LogP contribution in [-0.2, 0) is 6.54 Å². The molecule has 0 aromatic carbocycles. The summed E-state index contributed by atoms with van der Waals surface area (Å²) in [7, 11) is 1.99. The van der Waals surface area contributed by atoms with Gasteiger partial charge in [0.1, 0.15) is 0 Å². The number of aromatic nitrogens is 3. The van der Waals surface area contributed by atoms with Gasteiger partial charge in [-0.15, -0.1) is 5.10 Å². The van der Waals surface area contributed by atoms with Crippen LogP contribution in [0.5, 0.6) is 0 Å². The quantitative estimate of drug-likeness (QED) is 0.887. The summed E-state index contributed by atoms with van der Waals surface area (Å²) in [5, 5.41) is 12.2. The molecule has 0 bridgehead atoms.